The molecule has 0 spiro atoms. The van der Waals surface area contributed by atoms with Crippen LogP contribution in [-0.4, -0.2) is 0 Å². The lowest BCUT2D eigenvalue weighted by molar-refractivity contribution is 1.15. The van der Waals surface area contributed by atoms with Crippen LogP contribution in [0.4, 0.5) is 0 Å². The molecule has 0 atom stereocenters. The Morgan fingerprint density at radius 2 is 1.50 bits per heavy atom. The van der Waals surface area contributed by atoms with Crippen LogP contribution in [0.25, 0.3) is 0 Å². The molecule has 0 nitrogen and oxygen atoms in total. The maximum atomic E-state index is 3.94. The third kappa shape index (κ3) is 3.87. The highest BCUT2D eigenvalue weighted by molar-refractivity contribution is 5.45. The maximum Gasteiger partial charge on any atom is 0.0251 e. The smallest absolute Gasteiger partial charge is 0.0251 e. The topological polar surface area (TPSA) is 0 Å². The molecule has 2 aromatic rings. The molecule has 0 saturated heterocycles. The van der Waals surface area contributed by atoms with E-state index < -0.39 is 0 Å². The Kier molecular flexibility index (Phi) is 4.43. The van der Waals surface area contributed by atoms with E-state index in [0.717, 1.165) is 17.5 Å². The van der Waals surface area contributed by atoms with E-state index >= 15 is 0 Å². The molecule has 0 aromatic heterocycles. The average molecular weight is 260 g/mol. The predicted octanol–water partition coefficient (Wildman–Crippen LogP) is 4.82. The summed E-state index contributed by atoms with van der Waals surface area (Å²) < 4.78 is 0. The summed E-state index contributed by atoms with van der Waals surface area (Å²) in [5.74, 6) is 6.44. The van der Waals surface area contributed by atoms with Gasteiger partial charge in [-0.25, -0.2) is 0 Å². The van der Waals surface area contributed by atoms with Crippen molar-refractivity contribution in [2.24, 2.45) is 0 Å². The van der Waals surface area contributed by atoms with E-state index in [9.17, 15) is 0 Å². The largest absolute Gasteiger partial charge is 0.0998 e. The number of allylic oxidation sites excluding steroid dienone is 1. The van der Waals surface area contributed by atoms with Crippen LogP contribution in [0.5, 0.6) is 0 Å². The van der Waals surface area contributed by atoms with E-state index in [1.54, 1.807) is 0 Å². The van der Waals surface area contributed by atoms with Gasteiger partial charge in [0, 0.05) is 11.1 Å². The number of aryl methyl sites for hydroxylation is 2. The second kappa shape index (κ2) is 6.26. The van der Waals surface area contributed by atoms with Crippen LogP contribution in [0.1, 0.15) is 34.7 Å². The van der Waals surface area contributed by atoms with Gasteiger partial charge in [-0.3, -0.25) is 0 Å². The van der Waals surface area contributed by atoms with Gasteiger partial charge >= 0.3 is 0 Å². The van der Waals surface area contributed by atoms with Gasteiger partial charge in [-0.2, -0.15) is 0 Å². The Balaban J connectivity index is 2.16. The molecule has 0 aliphatic heterocycles. The van der Waals surface area contributed by atoms with Crippen LogP contribution in [0.3, 0.4) is 0 Å². The third-order valence-electron chi connectivity index (χ3n) is 3.32. The first-order chi connectivity index (χ1) is 9.54. The molecule has 2 rings (SSSR count). The first-order valence-electron chi connectivity index (χ1n) is 6.87. The molecule has 0 heteroatoms. The Labute approximate surface area is 122 Å². The van der Waals surface area contributed by atoms with Crippen molar-refractivity contribution < 1.29 is 0 Å². The fourth-order valence-corrected chi connectivity index (χ4v) is 2.02. The van der Waals surface area contributed by atoms with Gasteiger partial charge in [0.25, 0.3) is 0 Å². The summed E-state index contributed by atoms with van der Waals surface area (Å²) in [6.07, 6.45) is 0.935. The van der Waals surface area contributed by atoms with Crippen molar-refractivity contribution in [1.29, 1.82) is 0 Å². The first-order valence-corrected chi connectivity index (χ1v) is 6.87. The molecule has 0 aliphatic rings. The molecule has 2 aromatic carbocycles. The Morgan fingerprint density at radius 1 is 0.900 bits per heavy atom. The Morgan fingerprint density at radius 3 is 2.10 bits per heavy atom. The number of hydrogen-bond acceptors (Lipinski definition) is 0. The van der Waals surface area contributed by atoms with Gasteiger partial charge in [0.2, 0.25) is 0 Å². The summed E-state index contributed by atoms with van der Waals surface area (Å²) in [5.41, 5.74) is 7.18. The standard InChI is InChI=1S/C20H20/c1-15(2)13-19-10-7-18(8-11-19)9-12-20-6-5-16(3)17(4)14-20/h5-8,10-11,14H,1,13H2,2-4H3. The summed E-state index contributed by atoms with van der Waals surface area (Å²) >= 11 is 0. The minimum atomic E-state index is 0.935. The molecule has 0 N–H and O–H groups in total. The zero-order valence-electron chi connectivity index (χ0n) is 12.5. The number of rotatable bonds is 2. The second-order valence-corrected chi connectivity index (χ2v) is 5.38. The highest BCUT2D eigenvalue weighted by Crippen LogP contribution is 2.10. The van der Waals surface area contributed by atoms with Crippen molar-refractivity contribution in [3.05, 3.63) is 82.4 Å². The summed E-state index contributed by atoms with van der Waals surface area (Å²) in [5, 5.41) is 0. The van der Waals surface area contributed by atoms with Crippen molar-refractivity contribution >= 4 is 0 Å². The van der Waals surface area contributed by atoms with E-state index in [1.165, 1.54) is 22.3 Å². The van der Waals surface area contributed by atoms with Gasteiger partial charge < -0.3 is 0 Å². The average Bonchev–Trinajstić information content (AvgIpc) is 2.41. The van der Waals surface area contributed by atoms with Crippen molar-refractivity contribution in [3.63, 3.8) is 0 Å². The van der Waals surface area contributed by atoms with Crippen molar-refractivity contribution in [2.45, 2.75) is 27.2 Å². The Hall–Kier alpha value is -2.26. The second-order valence-electron chi connectivity index (χ2n) is 5.38. The zero-order chi connectivity index (χ0) is 14.5. The van der Waals surface area contributed by atoms with E-state index in [0.29, 0.717) is 0 Å². The van der Waals surface area contributed by atoms with Gasteiger partial charge in [-0.05, 0) is 68.1 Å². The van der Waals surface area contributed by atoms with Crippen LogP contribution in [0.2, 0.25) is 0 Å². The summed E-state index contributed by atoms with van der Waals surface area (Å²) in [7, 11) is 0. The normalized spacial score (nSPS) is 9.75. The summed E-state index contributed by atoms with van der Waals surface area (Å²) in [4.78, 5) is 0. The van der Waals surface area contributed by atoms with Gasteiger partial charge in [0.05, 0.1) is 0 Å². The minimum absolute atomic E-state index is 0.935. The highest BCUT2D eigenvalue weighted by atomic mass is 14.0. The first kappa shape index (κ1) is 14.2. The van der Waals surface area contributed by atoms with Gasteiger partial charge in [-0.1, -0.05) is 42.2 Å². The molecule has 100 valence electrons. The minimum Gasteiger partial charge on any atom is -0.0998 e. The molecule has 0 radical (unpaired) electrons. The molecule has 0 bridgehead atoms. The summed E-state index contributed by atoms with van der Waals surface area (Å²) in [6.45, 7) is 10.2. The monoisotopic (exact) mass is 260 g/mol. The maximum absolute atomic E-state index is 3.94. The van der Waals surface area contributed by atoms with Gasteiger partial charge in [-0.15, -0.1) is 0 Å². The lowest BCUT2D eigenvalue weighted by atomic mass is 10.0. The zero-order valence-corrected chi connectivity index (χ0v) is 12.5. The highest BCUT2D eigenvalue weighted by Gasteiger charge is 1.95. The van der Waals surface area contributed by atoms with E-state index in [4.69, 9.17) is 0 Å². The SMILES string of the molecule is C=C(C)Cc1ccc(C#Cc2ccc(C)c(C)c2)cc1. The third-order valence-corrected chi connectivity index (χ3v) is 3.32. The van der Waals surface area contributed by atoms with Crippen molar-refractivity contribution in [3.8, 4) is 11.8 Å². The fourth-order valence-electron chi connectivity index (χ4n) is 2.02. The molecule has 20 heavy (non-hydrogen) atoms. The van der Waals surface area contributed by atoms with Crippen LogP contribution in [0.15, 0.2) is 54.6 Å². The van der Waals surface area contributed by atoms with Gasteiger partial charge in [0.15, 0.2) is 0 Å². The Bertz CT molecular complexity index is 676. The molecule has 0 amide bonds. The van der Waals surface area contributed by atoms with E-state index in [2.05, 4.69) is 74.7 Å². The molecule has 0 unspecified atom stereocenters. The molecule has 0 heterocycles. The molecular weight excluding hydrogens is 240 g/mol. The predicted molar refractivity (Wildman–Crippen MR) is 86.9 cm³/mol. The molecule has 0 saturated carbocycles. The molecule has 0 fully saturated rings. The van der Waals surface area contributed by atoms with Crippen LogP contribution in [-0.2, 0) is 6.42 Å². The molecular formula is C20H20. The van der Waals surface area contributed by atoms with Crippen LogP contribution < -0.4 is 0 Å². The summed E-state index contributed by atoms with van der Waals surface area (Å²) in [6, 6.07) is 14.7. The lowest BCUT2D eigenvalue weighted by Crippen LogP contribution is -1.86. The van der Waals surface area contributed by atoms with E-state index in [1.807, 2.05) is 6.92 Å². The number of hydrogen-bond donors (Lipinski definition) is 0. The van der Waals surface area contributed by atoms with Gasteiger partial charge in [0.1, 0.15) is 0 Å². The molecule has 0 aliphatic carbocycles. The van der Waals surface area contributed by atoms with Crippen LogP contribution in [0, 0.1) is 25.7 Å². The van der Waals surface area contributed by atoms with Crippen molar-refractivity contribution in [2.75, 3.05) is 0 Å². The quantitative estimate of drug-likeness (QED) is 0.536. The van der Waals surface area contributed by atoms with Crippen molar-refractivity contribution in [1.82, 2.24) is 0 Å². The van der Waals surface area contributed by atoms with Crippen LogP contribution >= 0.6 is 0 Å². The van der Waals surface area contributed by atoms with E-state index in [-0.39, 0.29) is 0 Å². The lowest BCUT2D eigenvalue weighted by Gasteiger charge is -2.00. The number of benzene rings is 2. The fraction of sp³-hybridized carbons (Fsp3) is 0.200.